The quantitative estimate of drug-likeness (QED) is 0.0879. The summed E-state index contributed by atoms with van der Waals surface area (Å²) in [7, 11) is 0. The number of rotatable bonds is 16. The average Bonchev–Trinajstić information content (AvgIpc) is 1.63. The van der Waals surface area contributed by atoms with Crippen LogP contribution in [0.2, 0.25) is 0 Å². The van der Waals surface area contributed by atoms with Crippen LogP contribution >= 0.6 is 0 Å². The Kier molecular flexibility index (Phi) is 19.1. The monoisotopic (exact) mass is 1530 g/mol. The molecule has 3 nitrogen and oxygen atoms in total. The molecule has 120 heavy (non-hydrogen) atoms. The average molecular weight is 1530 g/mol. The van der Waals surface area contributed by atoms with Crippen LogP contribution < -0.4 is 4.90 Å². The van der Waals surface area contributed by atoms with Gasteiger partial charge in [-0.1, -0.05) is 400 Å². The highest BCUT2D eigenvalue weighted by Crippen LogP contribution is 2.46. The first kappa shape index (κ1) is 72.1. The van der Waals surface area contributed by atoms with E-state index < -0.39 is 0 Å². The van der Waals surface area contributed by atoms with Crippen molar-refractivity contribution < 1.29 is 0 Å². The number of benzene rings is 20. The summed E-state index contributed by atoms with van der Waals surface area (Å²) in [6.07, 6.45) is 0. The van der Waals surface area contributed by atoms with Crippen molar-refractivity contribution >= 4 is 82.2 Å². The Hall–Kier alpha value is -15.7. The van der Waals surface area contributed by atoms with Crippen LogP contribution in [0.5, 0.6) is 0 Å². The molecule has 2 aromatic heterocycles. The summed E-state index contributed by atoms with van der Waals surface area (Å²) in [4.78, 5) is 2.34. The highest BCUT2D eigenvalue weighted by atomic mass is 15.1. The first-order chi connectivity index (χ1) is 59.5. The second-order valence-electron chi connectivity index (χ2n) is 31.0. The molecule has 564 valence electrons. The minimum absolute atomic E-state index is 0.127. The van der Waals surface area contributed by atoms with E-state index in [1.54, 1.807) is 0 Å². The predicted molar refractivity (Wildman–Crippen MR) is 509 cm³/mol. The SMILES string of the molecule is c1ccc(-c2ccc(C(c3ccccc3)c3ccc(-c4ccc(-n5c6ccc(-c7ccccc7)cc6c6cc(-c7ccccc7)c7ccccc7c65)cc4)cc3)cc2)cc1.c1ccc(-c2ccc(N(c3ccc(-c4ccccc4)cc3)c3ccc(-c4ccc(-c5ccc(-n6c7ccccc7c7ccc8ccccc8c76)cc5)cc4)cc3)cc2)cc1. The molecule has 20 aromatic carbocycles. The summed E-state index contributed by atoms with van der Waals surface area (Å²) in [6, 6.07) is 176. The summed E-state index contributed by atoms with van der Waals surface area (Å²) in [6.45, 7) is 0. The lowest BCUT2D eigenvalue weighted by Crippen LogP contribution is -2.09. The van der Waals surface area contributed by atoms with Crippen molar-refractivity contribution in [2.24, 2.45) is 0 Å². The van der Waals surface area contributed by atoms with Crippen LogP contribution in [0.1, 0.15) is 22.6 Å². The predicted octanol–water partition coefficient (Wildman–Crippen LogP) is 31.9. The molecular weight excluding hydrogens is 1450 g/mol. The topological polar surface area (TPSA) is 13.1 Å². The van der Waals surface area contributed by atoms with Gasteiger partial charge in [0.15, 0.2) is 0 Å². The molecule has 3 heteroatoms. The van der Waals surface area contributed by atoms with Gasteiger partial charge in [-0.15, -0.1) is 0 Å². The Labute approximate surface area is 699 Å². The molecule has 1 atom stereocenters. The molecule has 2 heterocycles. The Bertz CT molecular complexity index is 7290. The third kappa shape index (κ3) is 13.9. The van der Waals surface area contributed by atoms with Gasteiger partial charge in [0.05, 0.1) is 22.1 Å². The molecule has 0 aliphatic carbocycles. The van der Waals surface area contributed by atoms with E-state index in [2.05, 4.69) is 499 Å². The molecule has 22 aromatic rings. The Morgan fingerprint density at radius 3 is 0.900 bits per heavy atom. The van der Waals surface area contributed by atoms with E-state index in [1.165, 1.54) is 171 Å². The lowest BCUT2D eigenvalue weighted by molar-refractivity contribution is 0.978. The number of aromatic nitrogens is 2. The maximum absolute atomic E-state index is 2.47. The summed E-state index contributed by atoms with van der Waals surface area (Å²) in [5.74, 6) is 0.127. The first-order valence-electron chi connectivity index (χ1n) is 41.4. The fraction of sp³-hybridized carbons (Fsp3) is 0.00855. The van der Waals surface area contributed by atoms with Crippen LogP contribution in [0, 0.1) is 0 Å². The van der Waals surface area contributed by atoms with E-state index in [1.807, 2.05) is 0 Å². The Morgan fingerprint density at radius 1 is 0.167 bits per heavy atom. The van der Waals surface area contributed by atoms with Crippen LogP contribution in [0.3, 0.4) is 0 Å². The molecule has 0 amide bonds. The highest BCUT2D eigenvalue weighted by molar-refractivity contribution is 6.23. The van der Waals surface area contributed by atoms with Gasteiger partial charge in [-0.25, -0.2) is 0 Å². The zero-order valence-electron chi connectivity index (χ0n) is 66.1. The Balaban J connectivity index is 0.000000148. The molecule has 0 N–H and O–H groups in total. The number of para-hydroxylation sites is 1. The van der Waals surface area contributed by atoms with Crippen molar-refractivity contribution in [3.8, 4) is 100 Å². The molecule has 0 radical (unpaired) electrons. The van der Waals surface area contributed by atoms with E-state index in [-0.39, 0.29) is 5.92 Å². The molecule has 0 fully saturated rings. The molecule has 0 aliphatic heterocycles. The molecule has 0 spiro atoms. The van der Waals surface area contributed by atoms with E-state index in [0.29, 0.717) is 0 Å². The standard InChI is InChI=1S/C59H41N.C58H40N2/c1-5-15-41(16-6-1)43-25-29-48(30-26-43)58(47-21-11-4-12-22-47)49-31-27-44(28-32-49)45-33-36-51(37-34-45)60-57-38-35-50(42-17-7-2-8-18-42)39-55(57)56-40-54(46-19-9-3-10-20-46)52-23-13-14-24-53(52)59(56)60;1-3-11-41(12-4-1)45-23-32-50(33-24-45)59(51-34-25-46(26-35-51)42-13-5-2-6-14-42)52-36-27-47(28-37-52)43-19-21-44(22-20-43)48-29-38-53(39-30-48)60-57-18-10-9-17-55(57)56-40-31-49-15-7-8-16-54(49)58(56)60/h1-40,58H;1-40H. The second-order valence-corrected chi connectivity index (χ2v) is 31.0. The lowest BCUT2D eigenvalue weighted by Gasteiger charge is -2.26. The zero-order chi connectivity index (χ0) is 79.7. The van der Waals surface area contributed by atoms with Crippen LogP contribution in [0.15, 0.2) is 485 Å². The molecule has 1 unspecified atom stereocenters. The van der Waals surface area contributed by atoms with E-state index in [4.69, 9.17) is 0 Å². The van der Waals surface area contributed by atoms with Gasteiger partial charge in [0.2, 0.25) is 0 Å². The largest absolute Gasteiger partial charge is 0.311 e. The van der Waals surface area contributed by atoms with Gasteiger partial charge in [-0.05, 0) is 201 Å². The summed E-state index contributed by atoms with van der Waals surface area (Å²) in [5, 5.41) is 10.1. The van der Waals surface area contributed by atoms with Crippen molar-refractivity contribution in [2.75, 3.05) is 4.90 Å². The molecule has 0 aliphatic rings. The normalized spacial score (nSPS) is 11.6. The third-order valence-electron chi connectivity index (χ3n) is 24.0. The van der Waals surface area contributed by atoms with Crippen molar-refractivity contribution in [1.29, 1.82) is 0 Å². The maximum atomic E-state index is 2.47. The van der Waals surface area contributed by atoms with Gasteiger partial charge >= 0.3 is 0 Å². The number of anilines is 3. The fourth-order valence-corrected chi connectivity index (χ4v) is 18.0. The zero-order valence-corrected chi connectivity index (χ0v) is 66.1. The van der Waals surface area contributed by atoms with Gasteiger partial charge in [-0.2, -0.15) is 0 Å². The van der Waals surface area contributed by atoms with E-state index in [9.17, 15) is 0 Å². The maximum Gasteiger partial charge on any atom is 0.0619 e. The minimum Gasteiger partial charge on any atom is -0.311 e. The van der Waals surface area contributed by atoms with Gasteiger partial charge in [-0.3, -0.25) is 0 Å². The Morgan fingerprint density at radius 2 is 0.458 bits per heavy atom. The summed E-state index contributed by atoms with van der Waals surface area (Å²) < 4.78 is 4.89. The fourth-order valence-electron chi connectivity index (χ4n) is 18.0. The lowest BCUT2D eigenvalue weighted by atomic mass is 9.84. The van der Waals surface area contributed by atoms with Crippen LogP contribution in [0.4, 0.5) is 17.1 Å². The smallest absolute Gasteiger partial charge is 0.0619 e. The number of nitrogens with zero attached hydrogens (tertiary/aromatic N) is 3. The highest BCUT2D eigenvalue weighted by Gasteiger charge is 2.23. The van der Waals surface area contributed by atoms with Crippen LogP contribution in [-0.2, 0) is 0 Å². The minimum atomic E-state index is 0.127. The van der Waals surface area contributed by atoms with Gasteiger partial charge in [0.1, 0.15) is 0 Å². The van der Waals surface area contributed by atoms with Crippen molar-refractivity contribution in [3.63, 3.8) is 0 Å². The summed E-state index contributed by atoms with van der Waals surface area (Å²) in [5.41, 5.74) is 33.7. The van der Waals surface area contributed by atoms with Gasteiger partial charge < -0.3 is 14.0 Å². The number of hydrogen-bond donors (Lipinski definition) is 0. The number of fused-ring (bicyclic) bond motifs is 10. The van der Waals surface area contributed by atoms with E-state index in [0.717, 1.165) is 28.4 Å². The van der Waals surface area contributed by atoms with Gasteiger partial charge in [0.25, 0.3) is 0 Å². The molecule has 0 saturated heterocycles. The van der Waals surface area contributed by atoms with Crippen molar-refractivity contribution in [2.45, 2.75) is 5.92 Å². The van der Waals surface area contributed by atoms with Gasteiger partial charge in [0, 0.05) is 66.7 Å². The third-order valence-corrected chi connectivity index (χ3v) is 24.0. The van der Waals surface area contributed by atoms with E-state index >= 15 is 0 Å². The van der Waals surface area contributed by atoms with Crippen LogP contribution in [0.25, 0.3) is 166 Å². The first-order valence-corrected chi connectivity index (χ1v) is 41.4. The van der Waals surface area contributed by atoms with Crippen molar-refractivity contribution in [1.82, 2.24) is 9.13 Å². The molecule has 0 saturated carbocycles. The number of hydrogen-bond acceptors (Lipinski definition) is 1. The second kappa shape index (κ2) is 31.8. The van der Waals surface area contributed by atoms with Crippen LogP contribution in [-0.4, -0.2) is 9.13 Å². The molecular formula is C117H81N3. The molecule has 22 rings (SSSR count). The summed E-state index contributed by atoms with van der Waals surface area (Å²) >= 11 is 0. The molecule has 0 bridgehead atoms. The van der Waals surface area contributed by atoms with Crippen molar-refractivity contribution in [3.05, 3.63) is 502 Å².